The molecule has 1 aromatic heterocycles. The molecule has 5 rings (SSSR count). The fraction of sp³-hybridized carbons (Fsp3) is 0.421. The van der Waals surface area contributed by atoms with Crippen molar-refractivity contribution in [3.05, 3.63) is 41.3 Å². The highest BCUT2D eigenvalue weighted by atomic mass is 32.1. The summed E-state index contributed by atoms with van der Waals surface area (Å²) in [5, 5.41) is 3.26. The Balaban J connectivity index is 1.47. The molecule has 1 amide bonds. The van der Waals surface area contributed by atoms with E-state index in [2.05, 4.69) is 10.2 Å². The number of ether oxygens (including phenoxy) is 1. The second-order valence-corrected chi connectivity index (χ2v) is 7.70. The van der Waals surface area contributed by atoms with E-state index < -0.39 is 0 Å². The Labute approximate surface area is 146 Å². The molecular formula is C19H22N2O2S. The molecule has 3 aliphatic heterocycles. The minimum absolute atomic E-state index is 0.0629. The molecule has 2 bridgehead atoms. The number of carbonyl (C=O) groups is 1. The molecule has 0 spiro atoms. The van der Waals surface area contributed by atoms with Gasteiger partial charge in [0.1, 0.15) is 5.75 Å². The van der Waals surface area contributed by atoms with E-state index in [4.69, 9.17) is 4.74 Å². The molecular weight excluding hydrogens is 320 g/mol. The number of hydrogen-bond donors (Lipinski definition) is 1. The van der Waals surface area contributed by atoms with Crippen LogP contribution in [0.3, 0.4) is 0 Å². The van der Waals surface area contributed by atoms with Gasteiger partial charge in [-0.15, -0.1) is 11.3 Å². The van der Waals surface area contributed by atoms with Crippen LogP contribution >= 0.6 is 11.3 Å². The summed E-state index contributed by atoms with van der Waals surface area (Å²) in [4.78, 5) is 16.9. The summed E-state index contributed by atoms with van der Waals surface area (Å²) in [6.45, 7) is 3.39. The van der Waals surface area contributed by atoms with Gasteiger partial charge in [-0.1, -0.05) is 12.1 Å². The van der Waals surface area contributed by atoms with Gasteiger partial charge >= 0.3 is 0 Å². The van der Waals surface area contributed by atoms with Crippen LogP contribution in [0.2, 0.25) is 0 Å². The Kier molecular flexibility index (Phi) is 4.29. The van der Waals surface area contributed by atoms with E-state index in [1.54, 1.807) is 18.4 Å². The van der Waals surface area contributed by atoms with Gasteiger partial charge in [-0.25, -0.2) is 0 Å². The minimum Gasteiger partial charge on any atom is -0.497 e. The lowest BCUT2D eigenvalue weighted by Crippen LogP contribution is -2.57. The van der Waals surface area contributed by atoms with E-state index in [0.717, 1.165) is 27.6 Å². The first-order chi connectivity index (χ1) is 11.7. The molecule has 1 unspecified atom stereocenters. The normalized spacial score (nSPS) is 25.5. The van der Waals surface area contributed by atoms with Crippen molar-refractivity contribution < 1.29 is 9.53 Å². The van der Waals surface area contributed by atoms with Crippen molar-refractivity contribution in [3.63, 3.8) is 0 Å². The fourth-order valence-electron chi connectivity index (χ4n) is 3.76. The summed E-state index contributed by atoms with van der Waals surface area (Å²) >= 11 is 1.54. The monoisotopic (exact) mass is 342 g/mol. The van der Waals surface area contributed by atoms with Crippen LogP contribution in [0, 0.1) is 5.92 Å². The van der Waals surface area contributed by atoms with Crippen molar-refractivity contribution in [2.45, 2.75) is 18.9 Å². The van der Waals surface area contributed by atoms with Crippen LogP contribution in [0.1, 0.15) is 22.5 Å². The van der Waals surface area contributed by atoms with Crippen LogP contribution in [-0.4, -0.2) is 43.6 Å². The number of nitrogens with one attached hydrogen (secondary N) is 1. The number of piperidine rings is 3. The third-order valence-electron chi connectivity index (χ3n) is 5.16. The van der Waals surface area contributed by atoms with E-state index in [1.165, 1.54) is 25.9 Å². The van der Waals surface area contributed by atoms with Crippen molar-refractivity contribution >= 4 is 17.2 Å². The largest absolute Gasteiger partial charge is 0.497 e. The topological polar surface area (TPSA) is 41.6 Å². The molecule has 5 heteroatoms. The summed E-state index contributed by atoms with van der Waals surface area (Å²) in [6, 6.07) is 12.2. The Morgan fingerprint density at radius 1 is 1.25 bits per heavy atom. The molecule has 1 aromatic carbocycles. The summed E-state index contributed by atoms with van der Waals surface area (Å²) < 4.78 is 5.28. The van der Waals surface area contributed by atoms with E-state index in [1.807, 2.05) is 36.4 Å². The number of thiophene rings is 1. The molecule has 3 fully saturated rings. The molecule has 2 aromatic rings. The second-order valence-electron chi connectivity index (χ2n) is 6.61. The third-order valence-corrected chi connectivity index (χ3v) is 6.29. The molecule has 1 atom stereocenters. The lowest BCUT2D eigenvalue weighted by atomic mass is 9.84. The van der Waals surface area contributed by atoms with Crippen LogP contribution in [0.15, 0.2) is 36.4 Å². The van der Waals surface area contributed by atoms with Gasteiger partial charge in [0.15, 0.2) is 0 Å². The standard InChI is InChI=1S/C19H22N2O2S/c1-23-15-4-2-3-14(11-15)17-5-6-18(24-17)19(22)20-16-12-21-9-7-13(16)8-10-21/h2-6,11,13,16H,7-10,12H2,1H3,(H,20,22). The average molecular weight is 342 g/mol. The molecule has 4 nitrogen and oxygen atoms in total. The van der Waals surface area contributed by atoms with Gasteiger partial charge < -0.3 is 15.0 Å². The van der Waals surface area contributed by atoms with Crippen LogP contribution in [0.5, 0.6) is 5.75 Å². The van der Waals surface area contributed by atoms with Crippen molar-refractivity contribution in [2.24, 2.45) is 5.92 Å². The van der Waals surface area contributed by atoms with Crippen molar-refractivity contribution in [3.8, 4) is 16.2 Å². The minimum atomic E-state index is 0.0629. The number of fused-ring (bicyclic) bond motifs is 3. The predicted molar refractivity (Wildman–Crippen MR) is 96.7 cm³/mol. The van der Waals surface area contributed by atoms with Gasteiger partial charge in [0.05, 0.1) is 12.0 Å². The number of carbonyl (C=O) groups excluding carboxylic acids is 1. The maximum Gasteiger partial charge on any atom is 0.261 e. The number of hydrogen-bond acceptors (Lipinski definition) is 4. The smallest absolute Gasteiger partial charge is 0.261 e. The van der Waals surface area contributed by atoms with Gasteiger partial charge in [0.2, 0.25) is 0 Å². The molecule has 126 valence electrons. The van der Waals surface area contributed by atoms with Crippen LogP contribution in [0.25, 0.3) is 10.4 Å². The van der Waals surface area contributed by atoms with Gasteiger partial charge in [-0.05, 0) is 61.7 Å². The van der Waals surface area contributed by atoms with Crippen LogP contribution < -0.4 is 10.1 Å². The molecule has 3 saturated heterocycles. The SMILES string of the molecule is COc1cccc(-c2ccc(C(=O)NC3CN4CCC3CC4)s2)c1. The van der Waals surface area contributed by atoms with Gasteiger partial charge in [-0.2, -0.15) is 0 Å². The predicted octanol–water partition coefficient (Wildman–Crippen LogP) is 3.25. The number of benzene rings is 1. The first-order valence-corrected chi connectivity index (χ1v) is 9.32. The van der Waals surface area contributed by atoms with Gasteiger partial charge in [0, 0.05) is 17.5 Å². The van der Waals surface area contributed by atoms with E-state index in [0.29, 0.717) is 12.0 Å². The van der Waals surface area contributed by atoms with Gasteiger partial charge in [0.25, 0.3) is 5.91 Å². The molecule has 3 aliphatic rings. The summed E-state index contributed by atoms with van der Waals surface area (Å²) in [5.74, 6) is 1.55. The highest BCUT2D eigenvalue weighted by Crippen LogP contribution is 2.31. The first kappa shape index (κ1) is 15.7. The van der Waals surface area contributed by atoms with Crippen molar-refractivity contribution in [1.29, 1.82) is 0 Å². The Morgan fingerprint density at radius 2 is 2.08 bits per heavy atom. The zero-order valence-corrected chi connectivity index (χ0v) is 14.6. The van der Waals surface area contributed by atoms with Crippen LogP contribution in [0.4, 0.5) is 0 Å². The molecule has 0 aliphatic carbocycles. The fourth-order valence-corrected chi connectivity index (χ4v) is 4.67. The number of nitrogens with zero attached hydrogens (tertiary/aromatic N) is 1. The lowest BCUT2D eigenvalue weighted by Gasteiger charge is -2.44. The third kappa shape index (κ3) is 3.06. The molecule has 4 heterocycles. The number of amides is 1. The van der Waals surface area contributed by atoms with Crippen molar-refractivity contribution in [1.82, 2.24) is 10.2 Å². The molecule has 24 heavy (non-hydrogen) atoms. The van der Waals surface area contributed by atoms with E-state index >= 15 is 0 Å². The Bertz CT molecular complexity index is 734. The van der Waals surface area contributed by atoms with E-state index in [-0.39, 0.29) is 5.91 Å². The summed E-state index contributed by atoms with van der Waals surface area (Å²) in [7, 11) is 1.67. The summed E-state index contributed by atoms with van der Waals surface area (Å²) in [6.07, 6.45) is 2.43. The zero-order valence-electron chi connectivity index (χ0n) is 13.8. The van der Waals surface area contributed by atoms with Crippen LogP contribution in [-0.2, 0) is 0 Å². The molecule has 0 saturated carbocycles. The maximum absolute atomic E-state index is 12.6. The molecule has 1 N–H and O–H groups in total. The Morgan fingerprint density at radius 3 is 2.79 bits per heavy atom. The Hall–Kier alpha value is -1.85. The maximum atomic E-state index is 12.6. The molecule has 0 radical (unpaired) electrons. The highest BCUT2D eigenvalue weighted by molar-refractivity contribution is 7.17. The van der Waals surface area contributed by atoms with Crippen molar-refractivity contribution in [2.75, 3.05) is 26.7 Å². The summed E-state index contributed by atoms with van der Waals surface area (Å²) in [5.41, 5.74) is 1.08. The van der Waals surface area contributed by atoms with E-state index in [9.17, 15) is 4.79 Å². The second kappa shape index (κ2) is 6.57. The lowest BCUT2D eigenvalue weighted by molar-refractivity contribution is 0.0622. The highest BCUT2D eigenvalue weighted by Gasteiger charge is 2.35. The first-order valence-electron chi connectivity index (χ1n) is 8.50. The number of methoxy groups -OCH3 is 1. The quantitative estimate of drug-likeness (QED) is 0.927. The average Bonchev–Trinajstić information content (AvgIpc) is 3.13. The number of rotatable bonds is 4. The van der Waals surface area contributed by atoms with Gasteiger partial charge in [-0.3, -0.25) is 4.79 Å². The zero-order chi connectivity index (χ0) is 16.5.